The number of rotatable bonds is 6. The maximum absolute atomic E-state index is 13.5. The normalized spacial score (nSPS) is 13.8. The number of halogens is 2. The maximum Gasteiger partial charge on any atom is 0.278 e. The van der Waals surface area contributed by atoms with Crippen molar-refractivity contribution in [2.75, 3.05) is 11.9 Å². The molecule has 4 nitrogen and oxygen atoms in total. The molecule has 0 saturated carbocycles. The molecule has 0 spiro atoms. The number of carbonyl (C=O) groups excluding carboxylic acids is 2. The van der Waals surface area contributed by atoms with Gasteiger partial charge in [0.05, 0.1) is 5.57 Å². The van der Waals surface area contributed by atoms with Crippen molar-refractivity contribution >= 4 is 34.7 Å². The van der Waals surface area contributed by atoms with Gasteiger partial charge in [-0.1, -0.05) is 48.0 Å². The van der Waals surface area contributed by atoms with Crippen LogP contribution in [0.2, 0.25) is 5.02 Å². The van der Waals surface area contributed by atoms with Gasteiger partial charge >= 0.3 is 0 Å². The van der Waals surface area contributed by atoms with Crippen LogP contribution in [0, 0.1) is 19.7 Å². The summed E-state index contributed by atoms with van der Waals surface area (Å²) in [5.41, 5.74) is 4.62. The van der Waals surface area contributed by atoms with Gasteiger partial charge in [0.1, 0.15) is 11.5 Å². The van der Waals surface area contributed by atoms with E-state index in [4.69, 9.17) is 11.6 Å². The largest absolute Gasteiger partial charge is 0.350 e. The van der Waals surface area contributed by atoms with Crippen LogP contribution in [0.15, 0.2) is 72.4 Å². The van der Waals surface area contributed by atoms with Crippen molar-refractivity contribution in [1.29, 1.82) is 0 Å². The fraction of sp³-hybridized carbons (Fsp3) is 0.154. The molecule has 3 aromatic rings. The van der Waals surface area contributed by atoms with Crippen molar-refractivity contribution in [3.8, 4) is 0 Å². The summed E-state index contributed by atoms with van der Waals surface area (Å²) < 4.78 is 13.5. The maximum atomic E-state index is 13.5. The van der Waals surface area contributed by atoms with Crippen molar-refractivity contribution in [3.63, 3.8) is 0 Å². The molecule has 0 radical (unpaired) electrons. The Bertz CT molecular complexity index is 1220. The van der Waals surface area contributed by atoms with Crippen molar-refractivity contribution in [2.24, 2.45) is 0 Å². The smallest absolute Gasteiger partial charge is 0.278 e. The fourth-order valence-electron chi connectivity index (χ4n) is 3.68. The molecule has 0 unspecified atom stereocenters. The number of imide groups is 1. The second-order valence-corrected chi connectivity index (χ2v) is 8.28. The molecule has 0 fully saturated rings. The molecule has 0 atom stereocenters. The third-order valence-electron chi connectivity index (χ3n) is 5.49. The lowest BCUT2D eigenvalue weighted by Gasteiger charge is -2.16. The van der Waals surface area contributed by atoms with Crippen LogP contribution in [0.4, 0.5) is 10.1 Å². The number of aryl methyl sites for hydroxylation is 2. The second kappa shape index (κ2) is 8.97. The average Bonchev–Trinajstić information content (AvgIpc) is 3.00. The van der Waals surface area contributed by atoms with E-state index in [0.717, 1.165) is 22.4 Å². The highest BCUT2D eigenvalue weighted by Gasteiger charge is 2.39. The summed E-state index contributed by atoms with van der Waals surface area (Å²) in [6.45, 7) is 4.11. The quantitative estimate of drug-likeness (QED) is 0.504. The van der Waals surface area contributed by atoms with E-state index in [1.807, 2.05) is 44.2 Å². The van der Waals surface area contributed by atoms with Gasteiger partial charge in [0.25, 0.3) is 11.8 Å². The van der Waals surface area contributed by atoms with E-state index >= 15 is 0 Å². The van der Waals surface area contributed by atoms with Gasteiger partial charge in [0.2, 0.25) is 0 Å². The first-order valence-electron chi connectivity index (χ1n) is 10.3. The first-order chi connectivity index (χ1) is 15.3. The van der Waals surface area contributed by atoms with Crippen LogP contribution in [0.25, 0.3) is 5.57 Å². The number of benzene rings is 3. The molecule has 0 aliphatic carbocycles. The third kappa shape index (κ3) is 4.43. The van der Waals surface area contributed by atoms with Gasteiger partial charge in [-0.15, -0.1) is 0 Å². The number of carbonyl (C=O) groups is 2. The number of anilines is 1. The van der Waals surface area contributed by atoms with E-state index in [0.29, 0.717) is 17.0 Å². The Morgan fingerprint density at radius 1 is 0.906 bits per heavy atom. The lowest BCUT2D eigenvalue weighted by Crippen LogP contribution is -2.34. The van der Waals surface area contributed by atoms with Crippen LogP contribution in [-0.2, 0) is 16.0 Å². The van der Waals surface area contributed by atoms with Gasteiger partial charge in [-0.2, -0.15) is 0 Å². The zero-order chi connectivity index (χ0) is 22.8. The molecule has 4 rings (SSSR count). The summed E-state index contributed by atoms with van der Waals surface area (Å²) in [5.74, 6) is -1.21. The minimum Gasteiger partial charge on any atom is -0.350 e. The molecule has 162 valence electrons. The molecule has 1 heterocycles. The molecule has 3 aromatic carbocycles. The molecule has 2 amide bonds. The Kier molecular flexibility index (Phi) is 6.10. The van der Waals surface area contributed by atoms with Gasteiger partial charge in [0.15, 0.2) is 0 Å². The highest BCUT2D eigenvalue weighted by Crippen LogP contribution is 2.32. The fourth-order valence-corrected chi connectivity index (χ4v) is 3.80. The lowest BCUT2D eigenvalue weighted by atomic mass is 10.0. The van der Waals surface area contributed by atoms with E-state index in [9.17, 15) is 14.0 Å². The second-order valence-electron chi connectivity index (χ2n) is 7.84. The van der Waals surface area contributed by atoms with Gasteiger partial charge in [0, 0.05) is 17.3 Å². The zero-order valence-corrected chi connectivity index (χ0v) is 18.5. The van der Waals surface area contributed by atoms with Crippen molar-refractivity contribution < 1.29 is 14.0 Å². The van der Waals surface area contributed by atoms with Crippen LogP contribution >= 0.6 is 11.6 Å². The molecule has 1 aliphatic rings. The molecule has 1 N–H and O–H groups in total. The Morgan fingerprint density at radius 3 is 2.28 bits per heavy atom. The summed E-state index contributed by atoms with van der Waals surface area (Å²) in [6.07, 6.45) is 0.502. The molecule has 0 aromatic heterocycles. The highest BCUT2D eigenvalue weighted by atomic mass is 35.5. The van der Waals surface area contributed by atoms with Crippen molar-refractivity contribution in [2.45, 2.75) is 20.3 Å². The third-order valence-corrected chi connectivity index (χ3v) is 5.74. The average molecular weight is 449 g/mol. The molecule has 32 heavy (non-hydrogen) atoms. The van der Waals surface area contributed by atoms with Crippen LogP contribution in [-0.4, -0.2) is 23.3 Å². The Morgan fingerprint density at radius 2 is 1.59 bits per heavy atom. The SMILES string of the molecule is Cc1ccc(C)c(NC2=C(c3ccc(F)cc3)C(=O)N(CCc3ccc(Cl)cc3)C2=O)c1. The molecular formula is C26H22ClFN2O2. The number of amides is 2. The highest BCUT2D eigenvalue weighted by molar-refractivity contribution is 6.36. The predicted molar refractivity (Wildman–Crippen MR) is 125 cm³/mol. The van der Waals surface area contributed by atoms with E-state index in [2.05, 4.69) is 5.32 Å². The Labute approximate surface area is 191 Å². The van der Waals surface area contributed by atoms with Gasteiger partial charge < -0.3 is 5.32 Å². The summed E-state index contributed by atoms with van der Waals surface area (Å²) >= 11 is 5.94. The van der Waals surface area contributed by atoms with Gasteiger partial charge in [-0.05, 0) is 72.9 Å². The van der Waals surface area contributed by atoms with Gasteiger partial charge in [-0.3, -0.25) is 14.5 Å². The summed E-state index contributed by atoms with van der Waals surface area (Å²) in [7, 11) is 0. The van der Waals surface area contributed by atoms with E-state index in [1.54, 1.807) is 12.1 Å². The van der Waals surface area contributed by atoms with E-state index in [-0.39, 0.29) is 17.8 Å². The van der Waals surface area contributed by atoms with Crippen LogP contribution in [0.5, 0.6) is 0 Å². The first kappa shape index (κ1) is 21.8. The summed E-state index contributed by atoms with van der Waals surface area (Å²) in [4.78, 5) is 27.9. The standard InChI is InChI=1S/C26H22ClFN2O2/c1-16-3-4-17(2)22(15-16)29-24-23(19-7-11-21(28)12-8-19)25(31)30(26(24)32)14-13-18-5-9-20(27)10-6-18/h3-12,15,29H,13-14H2,1-2H3. The number of nitrogens with zero attached hydrogens (tertiary/aromatic N) is 1. The number of hydrogen-bond donors (Lipinski definition) is 1. The van der Waals surface area contributed by atoms with E-state index in [1.165, 1.54) is 29.2 Å². The molecule has 1 aliphatic heterocycles. The number of nitrogens with one attached hydrogen (secondary N) is 1. The molecule has 0 bridgehead atoms. The molecule has 6 heteroatoms. The van der Waals surface area contributed by atoms with E-state index < -0.39 is 17.6 Å². The van der Waals surface area contributed by atoms with Crippen LogP contribution in [0.3, 0.4) is 0 Å². The topological polar surface area (TPSA) is 49.4 Å². The lowest BCUT2D eigenvalue weighted by molar-refractivity contribution is -0.136. The van der Waals surface area contributed by atoms with Crippen LogP contribution in [0.1, 0.15) is 22.3 Å². The zero-order valence-electron chi connectivity index (χ0n) is 17.8. The van der Waals surface area contributed by atoms with Crippen molar-refractivity contribution in [1.82, 2.24) is 4.90 Å². The van der Waals surface area contributed by atoms with Gasteiger partial charge in [-0.25, -0.2) is 4.39 Å². The summed E-state index contributed by atoms with van der Waals surface area (Å²) in [5, 5.41) is 3.81. The predicted octanol–water partition coefficient (Wildman–Crippen LogP) is 5.53. The monoisotopic (exact) mass is 448 g/mol. The van der Waals surface area contributed by atoms with Crippen LogP contribution < -0.4 is 5.32 Å². The minimum atomic E-state index is -0.408. The Balaban J connectivity index is 1.68. The Hall–Kier alpha value is -3.44. The molecule has 0 saturated heterocycles. The minimum absolute atomic E-state index is 0.200. The summed E-state index contributed by atoms with van der Waals surface area (Å²) in [6, 6.07) is 18.8. The molecular weight excluding hydrogens is 427 g/mol. The number of hydrogen-bond acceptors (Lipinski definition) is 3. The first-order valence-corrected chi connectivity index (χ1v) is 10.7. The van der Waals surface area contributed by atoms with Crippen molar-refractivity contribution in [3.05, 3.63) is 106 Å².